The van der Waals surface area contributed by atoms with Crippen LogP contribution in [0.3, 0.4) is 0 Å². The quantitative estimate of drug-likeness (QED) is 0.789. The van der Waals surface area contributed by atoms with Gasteiger partial charge in [0.05, 0.1) is 11.3 Å². The summed E-state index contributed by atoms with van der Waals surface area (Å²) in [6, 6.07) is 11.4. The highest BCUT2D eigenvalue weighted by atomic mass is 32.2. The predicted molar refractivity (Wildman–Crippen MR) is 80.7 cm³/mol. The number of hydrogen-bond acceptors (Lipinski definition) is 5. The molecule has 4 nitrogen and oxygen atoms in total. The van der Waals surface area contributed by atoms with Crippen LogP contribution in [-0.4, -0.2) is 21.0 Å². The van der Waals surface area contributed by atoms with Gasteiger partial charge in [-0.3, -0.25) is 0 Å². The molecule has 0 atom stereocenters. The Kier molecular flexibility index (Phi) is 3.60. The van der Waals surface area contributed by atoms with Crippen molar-refractivity contribution in [1.82, 2.24) is 10.1 Å². The van der Waals surface area contributed by atoms with E-state index in [0.29, 0.717) is 23.0 Å². The summed E-state index contributed by atoms with van der Waals surface area (Å²) in [5.74, 6) is 2.92. The van der Waals surface area contributed by atoms with Crippen molar-refractivity contribution in [3.8, 4) is 17.2 Å². The van der Waals surface area contributed by atoms with Crippen LogP contribution in [0.1, 0.15) is 12.7 Å². The second-order valence-corrected chi connectivity index (χ2v) is 5.61. The smallest absolute Gasteiger partial charge is 0.261 e. The van der Waals surface area contributed by atoms with Crippen molar-refractivity contribution in [2.75, 3.05) is 5.75 Å². The van der Waals surface area contributed by atoms with Gasteiger partial charge in [-0.05, 0) is 17.2 Å². The molecule has 3 rings (SSSR count). The van der Waals surface area contributed by atoms with Crippen molar-refractivity contribution < 1.29 is 9.63 Å². The maximum absolute atomic E-state index is 10.4. The minimum absolute atomic E-state index is 0.182. The first-order valence-corrected chi connectivity index (χ1v) is 7.56. The molecule has 0 aliphatic carbocycles. The van der Waals surface area contributed by atoms with E-state index in [1.165, 1.54) is 0 Å². The molecule has 0 fully saturated rings. The van der Waals surface area contributed by atoms with Crippen molar-refractivity contribution in [3.63, 3.8) is 0 Å². The van der Waals surface area contributed by atoms with E-state index in [4.69, 9.17) is 4.52 Å². The number of rotatable bonds is 4. The maximum Gasteiger partial charge on any atom is 0.261 e. The SMILES string of the molecule is CCSCc1noc(-c2ccc3ccccc3c2O)n1. The van der Waals surface area contributed by atoms with E-state index in [1.54, 1.807) is 11.8 Å². The zero-order valence-electron chi connectivity index (χ0n) is 11.0. The van der Waals surface area contributed by atoms with Crippen LogP contribution in [0, 0.1) is 0 Å². The number of aromatic hydroxyl groups is 1. The van der Waals surface area contributed by atoms with Crippen molar-refractivity contribution in [2.45, 2.75) is 12.7 Å². The van der Waals surface area contributed by atoms with E-state index in [9.17, 15) is 5.11 Å². The van der Waals surface area contributed by atoms with Gasteiger partial charge in [0.2, 0.25) is 0 Å². The summed E-state index contributed by atoms with van der Waals surface area (Å²) in [6.45, 7) is 2.08. The normalized spacial score (nSPS) is 11.1. The van der Waals surface area contributed by atoms with E-state index in [0.717, 1.165) is 16.5 Å². The highest BCUT2D eigenvalue weighted by Gasteiger charge is 2.14. The summed E-state index contributed by atoms with van der Waals surface area (Å²) in [5.41, 5.74) is 0.573. The molecule has 1 heterocycles. The largest absolute Gasteiger partial charge is 0.506 e. The van der Waals surface area contributed by atoms with Gasteiger partial charge in [0.1, 0.15) is 5.75 Å². The van der Waals surface area contributed by atoms with E-state index in [-0.39, 0.29) is 5.75 Å². The average molecular weight is 286 g/mol. The van der Waals surface area contributed by atoms with Crippen LogP contribution >= 0.6 is 11.8 Å². The number of benzene rings is 2. The van der Waals surface area contributed by atoms with Crippen LogP contribution in [0.15, 0.2) is 40.9 Å². The molecule has 0 aliphatic rings. The first kappa shape index (κ1) is 13.0. The summed E-state index contributed by atoms with van der Waals surface area (Å²) in [5, 5.41) is 16.1. The fourth-order valence-corrected chi connectivity index (χ4v) is 2.55. The third kappa shape index (κ3) is 2.36. The number of phenolic OH excluding ortho intramolecular Hbond substituents is 1. The van der Waals surface area contributed by atoms with E-state index < -0.39 is 0 Å². The fourth-order valence-electron chi connectivity index (χ4n) is 2.04. The molecule has 2 aromatic carbocycles. The molecule has 0 saturated heterocycles. The third-order valence-electron chi connectivity index (χ3n) is 3.03. The Morgan fingerprint density at radius 3 is 2.90 bits per heavy atom. The predicted octanol–water partition coefficient (Wildman–Crippen LogP) is 3.85. The second-order valence-electron chi connectivity index (χ2n) is 4.34. The summed E-state index contributed by atoms with van der Waals surface area (Å²) in [4.78, 5) is 4.33. The molecular formula is C15H14N2O2S. The molecule has 0 aliphatic heterocycles. The lowest BCUT2D eigenvalue weighted by Gasteiger charge is -2.04. The van der Waals surface area contributed by atoms with Crippen molar-refractivity contribution in [2.24, 2.45) is 0 Å². The Balaban J connectivity index is 2.01. The van der Waals surface area contributed by atoms with Crippen LogP contribution in [0.25, 0.3) is 22.2 Å². The summed E-state index contributed by atoms with van der Waals surface area (Å²) < 4.78 is 5.24. The molecule has 3 aromatic rings. The first-order valence-electron chi connectivity index (χ1n) is 6.41. The van der Waals surface area contributed by atoms with Crippen LogP contribution in [0.4, 0.5) is 0 Å². The lowest BCUT2D eigenvalue weighted by molar-refractivity contribution is 0.420. The lowest BCUT2D eigenvalue weighted by atomic mass is 10.1. The summed E-state index contributed by atoms with van der Waals surface area (Å²) >= 11 is 1.73. The minimum atomic E-state index is 0.182. The first-order chi connectivity index (χ1) is 9.79. The van der Waals surface area contributed by atoms with Crippen LogP contribution in [0.2, 0.25) is 0 Å². The molecule has 102 valence electrons. The Hall–Kier alpha value is -2.01. The van der Waals surface area contributed by atoms with Crippen molar-refractivity contribution in [3.05, 3.63) is 42.2 Å². The van der Waals surface area contributed by atoms with E-state index in [1.807, 2.05) is 36.4 Å². The molecule has 20 heavy (non-hydrogen) atoms. The van der Waals surface area contributed by atoms with Gasteiger partial charge in [-0.15, -0.1) is 0 Å². The molecule has 1 N–H and O–H groups in total. The summed E-state index contributed by atoms with van der Waals surface area (Å²) in [6.07, 6.45) is 0. The van der Waals surface area contributed by atoms with Crippen LogP contribution in [0.5, 0.6) is 5.75 Å². The highest BCUT2D eigenvalue weighted by molar-refractivity contribution is 7.98. The minimum Gasteiger partial charge on any atom is -0.506 e. The number of aromatic nitrogens is 2. The number of phenols is 1. The zero-order valence-corrected chi connectivity index (χ0v) is 11.9. The number of fused-ring (bicyclic) bond motifs is 1. The standard InChI is InChI=1S/C15H14N2O2S/c1-2-20-9-13-16-15(19-17-13)12-8-7-10-5-3-4-6-11(10)14(12)18/h3-8,18H,2,9H2,1H3. The molecule has 5 heteroatoms. The molecule has 0 spiro atoms. The van der Waals surface area contributed by atoms with Gasteiger partial charge in [-0.25, -0.2) is 0 Å². The van der Waals surface area contributed by atoms with Gasteiger partial charge in [-0.1, -0.05) is 42.4 Å². The molecular weight excluding hydrogens is 272 g/mol. The van der Waals surface area contributed by atoms with Gasteiger partial charge < -0.3 is 9.63 Å². The molecule has 0 saturated carbocycles. The number of hydrogen-bond donors (Lipinski definition) is 1. The molecule has 0 bridgehead atoms. The molecule has 1 aromatic heterocycles. The van der Waals surface area contributed by atoms with Crippen LogP contribution < -0.4 is 0 Å². The van der Waals surface area contributed by atoms with Gasteiger partial charge in [0.15, 0.2) is 5.82 Å². The maximum atomic E-state index is 10.4. The topological polar surface area (TPSA) is 59.2 Å². The van der Waals surface area contributed by atoms with Gasteiger partial charge >= 0.3 is 0 Å². The molecule has 0 amide bonds. The van der Waals surface area contributed by atoms with Gasteiger partial charge in [0, 0.05) is 5.39 Å². The van der Waals surface area contributed by atoms with Crippen LogP contribution in [-0.2, 0) is 5.75 Å². The number of thioether (sulfide) groups is 1. The summed E-state index contributed by atoms with van der Waals surface area (Å²) in [7, 11) is 0. The van der Waals surface area contributed by atoms with E-state index >= 15 is 0 Å². The monoisotopic (exact) mass is 286 g/mol. The zero-order chi connectivity index (χ0) is 13.9. The van der Waals surface area contributed by atoms with E-state index in [2.05, 4.69) is 17.1 Å². The van der Waals surface area contributed by atoms with Crippen molar-refractivity contribution >= 4 is 22.5 Å². The Morgan fingerprint density at radius 2 is 2.05 bits per heavy atom. The Bertz CT molecular complexity index is 740. The van der Waals surface area contributed by atoms with Crippen molar-refractivity contribution in [1.29, 1.82) is 0 Å². The third-order valence-corrected chi connectivity index (χ3v) is 3.90. The van der Waals surface area contributed by atoms with Gasteiger partial charge in [0.25, 0.3) is 5.89 Å². The number of nitrogens with zero attached hydrogens (tertiary/aromatic N) is 2. The lowest BCUT2D eigenvalue weighted by Crippen LogP contribution is -1.85. The molecule has 0 unspecified atom stereocenters. The second kappa shape index (κ2) is 5.54. The average Bonchev–Trinajstić information content (AvgIpc) is 2.94. The Morgan fingerprint density at radius 1 is 1.20 bits per heavy atom. The van der Waals surface area contributed by atoms with Gasteiger partial charge in [-0.2, -0.15) is 16.7 Å². The highest BCUT2D eigenvalue weighted by Crippen LogP contribution is 2.34. The Labute approximate surface area is 120 Å². The molecule has 0 radical (unpaired) electrons. The fraction of sp³-hybridized carbons (Fsp3) is 0.200.